The van der Waals surface area contributed by atoms with Gasteiger partial charge in [0.1, 0.15) is 18.3 Å². The molecule has 3 rings (SSSR count). The highest BCUT2D eigenvalue weighted by molar-refractivity contribution is 5.93. The molecule has 8 nitrogen and oxygen atoms in total. The standard InChI is InChI=1S/C13H14N6O2/c1-9(6-19-8-14-7-15-19)16-13(20)11-5-10(17-18-11)12-3-2-4-21-12/h2-5,7-9H,6H2,1H3,(H,16,20)(H,17,18). The lowest BCUT2D eigenvalue weighted by atomic mass is 10.2. The molecule has 0 fully saturated rings. The van der Waals surface area contributed by atoms with E-state index in [9.17, 15) is 4.79 Å². The number of carbonyl (C=O) groups excluding carboxylic acids is 1. The molecule has 8 heteroatoms. The third-order valence-electron chi connectivity index (χ3n) is 2.90. The quantitative estimate of drug-likeness (QED) is 0.730. The normalized spacial score (nSPS) is 12.2. The first kappa shape index (κ1) is 13.1. The molecule has 1 atom stereocenters. The van der Waals surface area contributed by atoms with E-state index in [0.29, 0.717) is 23.7 Å². The number of H-pyrrole nitrogens is 1. The molecule has 3 aromatic rings. The maximum atomic E-state index is 12.1. The number of hydrogen-bond donors (Lipinski definition) is 2. The van der Waals surface area contributed by atoms with E-state index < -0.39 is 0 Å². The second kappa shape index (κ2) is 5.61. The molecule has 0 spiro atoms. The number of aromatic nitrogens is 5. The van der Waals surface area contributed by atoms with Gasteiger partial charge in [-0.3, -0.25) is 14.6 Å². The van der Waals surface area contributed by atoms with E-state index in [4.69, 9.17) is 4.42 Å². The Hall–Kier alpha value is -2.90. The number of nitrogens with zero attached hydrogens (tertiary/aromatic N) is 4. The lowest BCUT2D eigenvalue weighted by Crippen LogP contribution is -2.36. The van der Waals surface area contributed by atoms with Crippen LogP contribution in [0.15, 0.2) is 41.5 Å². The summed E-state index contributed by atoms with van der Waals surface area (Å²) in [5.41, 5.74) is 0.973. The van der Waals surface area contributed by atoms with Crippen molar-refractivity contribution in [1.82, 2.24) is 30.3 Å². The summed E-state index contributed by atoms with van der Waals surface area (Å²) in [4.78, 5) is 16.0. The van der Waals surface area contributed by atoms with Gasteiger partial charge < -0.3 is 9.73 Å². The molecule has 0 aliphatic heterocycles. The summed E-state index contributed by atoms with van der Waals surface area (Å²) in [5.74, 6) is 0.383. The molecule has 0 aliphatic carbocycles. The number of amides is 1. The topological polar surface area (TPSA) is 102 Å². The molecule has 0 aromatic carbocycles. The average molecular weight is 286 g/mol. The Bertz CT molecular complexity index is 701. The maximum absolute atomic E-state index is 12.1. The molecule has 2 N–H and O–H groups in total. The fourth-order valence-corrected chi connectivity index (χ4v) is 1.95. The van der Waals surface area contributed by atoms with Crippen LogP contribution in [0.25, 0.3) is 11.5 Å². The second-order valence-electron chi connectivity index (χ2n) is 4.64. The van der Waals surface area contributed by atoms with Gasteiger partial charge in [-0.2, -0.15) is 10.2 Å². The Morgan fingerprint density at radius 2 is 2.48 bits per heavy atom. The Labute approximate surface area is 120 Å². The molecule has 108 valence electrons. The third kappa shape index (κ3) is 2.99. The number of rotatable bonds is 5. The van der Waals surface area contributed by atoms with E-state index in [1.807, 2.05) is 6.92 Å². The van der Waals surface area contributed by atoms with Crippen molar-refractivity contribution in [2.24, 2.45) is 0 Å². The molecule has 0 aliphatic rings. The Balaban J connectivity index is 1.63. The molecule has 0 bridgehead atoms. The minimum Gasteiger partial charge on any atom is -0.463 e. The van der Waals surface area contributed by atoms with Gasteiger partial charge in [-0.25, -0.2) is 4.98 Å². The first-order chi connectivity index (χ1) is 10.2. The van der Waals surface area contributed by atoms with Crippen molar-refractivity contribution in [2.45, 2.75) is 19.5 Å². The van der Waals surface area contributed by atoms with Crippen LogP contribution in [0.4, 0.5) is 0 Å². The van der Waals surface area contributed by atoms with Crippen LogP contribution in [0.1, 0.15) is 17.4 Å². The van der Waals surface area contributed by atoms with Gasteiger partial charge in [0.25, 0.3) is 5.91 Å². The highest BCUT2D eigenvalue weighted by atomic mass is 16.3. The highest BCUT2D eigenvalue weighted by Gasteiger charge is 2.15. The van der Waals surface area contributed by atoms with Crippen molar-refractivity contribution in [2.75, 3.05) is 0 Å². The lowest BCUT2D eigenvalue weighted by molar-refractivity contribution is 0.0931. The molecule has 3 heterocycles. The van der Waals surface area contributed by atoms with Crippen LogP contribution in [0.3, 0.4) is 0 Å². The minimum absolute atomic E-state index is 0.0945. The number of nitrogens with one attached hydrogen (secondary N) is 2. The van der Waals surface area contributed by atoms with Crippen molar-refractivity contribution in [3.8, 4) is 11.5 Å². The van der Waals surface area contributed by atoms with Gasteiger partial charge in [-0.1, -0.05) is 0 Å². The minimum atomic E-state index is -0.253. The summed E-state index contributed by atoms with van der Waals surface area (Å²) in [6, 6.07) is 5.12. The van der Waals surface area contributed by atoms with Crippen LogP contribution < -0.4 is 5.32 Å². The third-order valence-corrected chi connectivity index (χ3v) is 2.90. The molecular weight excluding hydrogens is 272 g/mol. The fourth-order valence-electron chi connectivity index (χ4n) is 1.95. The summed E-state index contributed by atoms with van der Waals surface area (Å²) in [6.45, 7) is 2.43. The zero-order chi connectivity index (χ0) is 14.7. The van der Waals surface area contributed by atoms with E-state index >= 15 is 0 Å². The van der Waals surface area contributed by atoms with Gasteiger partial charge >= 0.3 is 0 Å². The molecular formula is C13H14N6O2. The zero-order valence-electron chi connectivity index (χ0n) is 11.4. The van der Waals surface area contributed by atoms with Crippen molar-refractivity contribution in [1.29, 1.82) is 0 Å². The predicted molar refractivity (Wildman–Crippen MR) is 73.2 cm³/mol. The van der Waals surface area contributed by atoms with Gasteiger partial charge in [-0.05, 0) is 19.1 Å². The number of carbonyl (C=O) groups is 1. The van der Waals surface area contributed by atoms with E-state index in [1.165, 1.54) is 6.33 Å². The van der Waals surface area contributed by atoms with Gasteiger partial charge in [0, 0.05) is 12.1 Å². The molecule has 0 saturated carbocycles. The first-order valence-electron chi connectivity index (χ1n) is 6.45. The summed E-state index contributed by atoms with van der Waals surface area (Å²) < 4.78 is 6.90. The number of aromatic amines is 1. The van der Waals surface area contributed by atoms with Gasteiger partial charge in [0.15, 0.2) is 11.5 Å². The van der Waals surface area contributed by atoms with Crippen LogP contribution in [-0.2, 0) is 6.54 Å². The van der Waals surface area contributed by atoms with E-state index in [0.717, 1.165) is 0 Å². The van der Waals surface area contributed by atoms with Crippen LogP contribution >= 0.6 is 0 Å². The van der Waals surface area contributed by atoms with Crippen molar-refractivity contribution in [3.05, 3.63) is 42.8 Å². The zero-order valence-corrected chi connectivity index (χ0v) is 11.4. The summed E-state index contributed by atoms with van der Waals surface area (Å²) in [6.07, 6.45) is 4.63. The molecule has 21 heavy (non-hydrogen) atoms. The summed E-state index contributed by atoms with van der Waals surface area (Å²) in [5, 5.41) is 13.6. The van der Waals surface area contributed by atoms with Crippen LogP contribution in [-0.4, -0.2) is 36.9 Å². The Morgan fingerprint density at radius 3 is 3.19 bits per heavy atom. The van der Waals surface area contributed by atoms with Crippen LogP contribution in [0.5, 0.6) is 0 Å². The Morgan fingerprint density at radius 1 is 1.57 bits per heavy atom. The van der Waals surface area contributed by atoms with Crippen molar-refractivity contribution < 1.29 is 9.21 Å². The van der Waals surface area contributed by atoms with Gasteiger partial charge in [0.2, 0.25) is 0 Å². The lowest BCUT2D eigenvalue weighted by Gasteiger charge is -2.12. The average Bonchev–Trinajstić information content (AvgIpc) is 3.20. The van der Waals surface area contributed by atoms with E-state index in [1.54, 1.807) is 35.5 Å². The maximum Gasteiger partial charge on any atom is 0.272 e. The molecule has 0 radical (unpaired) electrons. The van der Waals surface area contributed by atoms with Crippen LogP contribution in [0, 0.1) is 0 Å². The summed E-state index contributed by atoms with van der Waals surface area (Å²) >= 11 is 0. The molecule has 1 amide bonds. The largest absolute Gasteiger partial charge is 0.463 e. The van der Waals surface area contributed by atoms with E-state index in [-0.39, 0.29) is 11.9 Å². The highest BCUT2D eigenvalue weighted by Crippen LogP contribution is 2.17. The van der Waals surface area contributed by atoms with Gasteiger partial charge in [0.05, 0.1) is 12.8 Å². The SMILES string of the molecule is CC(Cn1cncn1)NC(=O)c1cc(-c2ccco2)[nH]n1. The molecule has 0 saturated heterocycles. The predicted octanol–water partition coefficient (Wildman–Crippen LogP) is 1.08. The molecule has 3 aromatic heterocycles. The number of furan rings is 1. The Kier molecular flexibility index (Phi) is 3.50. The van der Waals surface area contributed by atoms with E-state index in [2.05, 4.69) is 25.6 Å². The number of hydrogen-bond acceptors (Lipinski definition) is 5. The van der Waals surface area contributed by atoms with Crippen molar-refractivity contribution >= 4 is 5.91 Å². The van der Waals surface area contributed by atoms with Crippen LogP contribution in [0.2, 0.25) is 0 Å². The summed E-state index contributed by atoms with van der Waals surface area (Å²) in [7, 11) is 0. The fraction of sp³-hybridized carbons (Fsp3) is 0.231. The smallest absolute Gasteiger partial charge is 0.272 e. The van der Waals surface area contributed by atoms with Gasteiger partial charge in [-0.15, -0.1) is 0 Å². The second-order valence-corrected chi connectivity index (χ2v) is 4.64. The first-order valence-corrected chi connectivity index (χ1v) is 6.45. The monoisotopic (exact) mass is 286 g/mol. The molecule has 1 unspecified atom stereocenters. The van der Waals surface area contributed by atoms with Crippen molar-refractivity contribution in [3.63, 3.8) is 0 Å².